The van der Waals surface area contributed by atoms with E-state index >= 15 is 0 Å². The maximum absolute atomic E-state index is 6.39. The summed E-state index contributed by atoms with van der Waals surface area (Å²) in [5.74, 6) is 3.33. The zero-order valence-corrected chi connectivity index (χ0v) is 27.0. The number of fused-ring (bicyclic) bond motifs is 6. The van der Waals surface area contributed by atoms with Crippen molar-refractivity contribution in [1.82, 2.24) is 0 Å². The van der Waals surface area contributed by atoms with Crippen LogP contribution in [0.25, 0.3) is 44.2 Å². The van der Waals surface area contributed by atoms with Gasteiger partial charge in [0.25, 0.3) is 0 Å². The lowest BCUT2D eigenvalue weighted by Gasteiger charge is -2.61. The highest BCUT2D eigenvalue weighted by atomic mass is 16.3. The van der Waals surface area contributed by atoms with E-state index in [2.05, 4.69) is 138 Å². The Morgan fingerprint density at radius 1 is 0.458 bits per heavy atom. The molecule has 0 radical (unpaired) electrons. The van der Waals surface area contributed by atoms with Crippen molar-refractivity contribution in [2.24, 2.45) is 23.7 Å². The number of para-hydroxylation sites is 2. The number of rotatable bonds is 4. The van der Waals surface area contributed by atoms with Gasteiger partial charge in [-0.1, -0.05) is 84.9 Å². The van der Waals surface area contributed by atoms with Crippen LogP contribution in [0.3, 0.4) is 0 Å². The van der Waals surface area contributed by atoms with E-state index in [9.17, 15) is 0 Å². The summed E-state index contributed by atoms with van der Waals surface area (Å²) in [5.41, 5.74) is 14.1. The van der Waals surface area contributed by atoms with Crippen LogP contribution < -0.4 is 4.90 Å². The molecule has 48 heavy (non-hydrogen) atoms. The molecule has 232 valence electrons. The first kappa shape index (κ1) is 26.9. The van der Waals surface area contributed by atoms with Crippen LogP contribution in [0.5, 0.6) is 0 Å². The third kappa shape index (κ3) is 3.69. The molecule has 5 aliphatic rings. The highest BCUT2D eigenvalue weighted by Crippen LogP contribution is 2.69. The lowest BCUT2D eigenvalue weighted by atomic mass is 9.43. The first-order valence-electron chi connectivity index (χ1n) is 17.9. The number of furan rings is 1. The van der Waals surface area contributed by atoms with Crippen molar-refractivity contribution in [1.29, 1.82) is 0 Å². The predicted molar refractivity (Wildman–Crippen MR) is 197 cm³/mol. The Morgan fingerprint density at radius 2 is 1.06 bits per heavy atom. The largest absolute Gasteiger partial charge is 0.456 e. The van der Waals surface area contributed by atoms with Gasteiger partial charge < -0.3 is 9.32 Å². The molecule has 5 aliphatic carbocycles. The molecule has 4 fully saturated rings. The molecule has 1 heterocycles. The van der Waals surface area contributed by atoms with Crippen molar-refractivity contribution in [2.75, 3.05) is 4.90 Å². The van der Waals surface area contributed by atoms with Crippen LogP contribution in [0.15, 0.2) is 144 Å². The fourth-order valence-electron chi connectivity index (χ4n) is 11.0. The Bertz CT molecular complexity index is 2340. The first-order chi connectivity index (χ1) is 23.7. The second-order valence-electron chi connectivity index (χ2n) is 15.0. The van der Waals surface area contributed by atoms with Gasteiger partial charge in [0.15, 0.2) is 0 Å². The topological polar surface area (TPSA) is 16.4 Å². The van der Waals surface area contributed by atoms with Crippen molar-refractivity contribution in [3.8, 4) is 22.3 Å². The molecule has 4 saturated carbocycles. The second-order valence-corrected chi connectivity index (χ2v) is 15.0. The number of nitrogens with zero attached hydrogens (tertiary/aromatic N) is 1. The van der Waals surface area contributed by atoms with Crippen LogP contribution >= 0.6 is 0 Å². The molecule has 0 atom stereocenters. The van der Waals surface area contributed by atoms with E-state index in [0.717, 1.165) is 57.0 Å². The van der Waals surface area contributed by atoms with Crippen LogP contribution in [0.4, 0.5) is 17.1 Å². The fraction of sp³-hybridized carbons (Fsp3) is 0.217. The van der Waals surface area contributed by atoms with Gasteiger partial charge in [0.1, 0.15) is 11.2 Å². The summed E-state index contributed by atoms with van der Waals surface area (Å²) in [6.07, 6.45) is 7.03. The molecule has 0 unspecified atom stereocenters. The standard InChI is InChI=1S/C46H37NO/c1-3-9-31(10-4-1)32-15-19-42-40(26-32)41-27-36(17-20-43(41)46(42)33-22-29-21-30(24-33)25-34(46)23-29)47(35-11-5-2-6-12-35)37-16-18-39-38-13-7-8-14-44(38)48-45(39)28-37/h1-20,26-30,33-34H,21-25H2. The molecule has 2 nitrogen and oxygen atoms in total. The van der Waals surface area contributed by atoms with E-state index in [0.29, 0.717) is 0 Å². The molecular weight excluding hydrogens is 583 g/mol. The molecule has 0 aliphatic heterocycles. The van der Waals surface area contributed by atoms with Crippen LogP contribution in [-0.4, -0.2) is 0 Å². The molecule has 1 aromatic heterocycles. The predicted octanol–water partition coefficient (Wildman–Crippen LogP) is 12.4. The van der Waals surface area contributed by atoms with Gasteiger partial charge in [-0.15, -0.1) is 0 Å². The SMILES string of the molecule is c1ccc(-c2ccc3c(c2)-c2cc(N(c4ccccc4)c4ccc5c(c4)oc4ccccc45)ccc2C32C3CC4CC(C3)CC2C4)cc1. The summed E-state index contributed by atoms with van der Waals surface area (Å²) in [6, 6.07) is 51.7. The first-order valence-corrected chi connectivity index (χ1v) is 17.9. The van der Waals surface area contributed by atoms with E-state index in [1.807, 2.05) is 6.07 Å². The molecule has 1 spiro atoms. The molecule has 0 saturated heterocycles. The van der Waals surface area contributed by atoms with E-state index in [4.69, 9.17) is 4.42 Å². The van der Waals surface area contributed by atoms with Gasteiger partial charge >= 0.3 is 0 Å². The fourth-order valence-corrected chi connectivity index (χ4v) is 11.0. The lowest BCUT2D eigenvalue weighted by molar-refractivity contribution is -0.0399. The van der Waals surface area contributed by atoms with Crippen LogP contribution in [0, 0.1) is 23.7 Å². The monoisotopic (exact) mass is 619 g/mol. The van der Waals surface area contributed by atoms with Gasteiger partial charge in [-0.3, -0.25) is 0 Å². The zero-order valence-electron chi connectivity index (χ0n) is 27.0. The summed E-state index contributed by atoms with van der Waals surface area (Å²) in [6.45, 7) is 0. The number of hydrogen-bond donors (Lipinski definition) is 0. The van der Waals surface area contributed by atoms with E-state index in [1.54, 1.807) is 11.1 Å². The summed E-state index contributed by atoms with van der Waals surface area (Å²) in [5, 5.41) is 2.32. The van der Waals surface area contributed by atoms with Gasteiger partial charge in [0.05, 0.1) is 0 Å². The van der Waals surface area contributed by atoms with Crippen molar-refractivity contribution >= 4 is 39.0 Å². The van der Waals surface area contributed by atoms with Gasteiger partial charge in [0.2, 0.25) is 0 Å². The minimum absolute atomic E-state index is 0.136. The van der Waals surface area contributed by atoms with Crippen LogP contribution in [0.1, 0.15) is 43.2 Å². The summed E-state index contributed by atoms with van der Waals surface area (Å²) >= 11 is 0. The molecule has 6 aromatic carbocycles. The Balaban J connectivity index is 1.13. The Morgan fingerprint density at radius 3 is 1.83 bits per heavy atom. The summed E-state index contributed by atoms with van der Waals surface area (Å²) in [7, 11) is 0. The number of benzene rings is 6. The van der Waals surface area contributed by atoms with Crippen LogP contribution in [0.2, 0.25) is 0 Å². The zero-order chi connectivity index (χ0) is 31.4. The minimum atomic E-state index is 0.136. The molecule has 0 N–H and O–H groups in total. The smallest absolute Gasteiger partial charge is 0.137 e. The van der Waals surface area contributed by atoms with Gasteiger partial charge in [-0.25, -0.2) is 0 Å². The van der Waals surface area contributed by atoms with Gasteiger partial charge in [0, 0.05) is 39.3 Å². The van der Waals surface area contributed by atoms with Crippen LogP contribution in [-0.2, 0) is 5.41 Å². The van der Waals surface area contributed by atoms with Crippen molar-refractivity contribution in [2.45, 2.75) is 37.5 Å². The molecule has 12 rings (SSSR count). The van der Waals surface area contributed by atoms with Gasteiger partial charge in [-0.2, -0.15) is 0 Å². The Labute approximate surface area is 281 Å². The third-order valence-corrected chi connectivity index (χ3v) is 12.6. The minimum Gasteiger partial charge on any atom is -0.456 e. The number of anilines is 3. The molecule has 7 aromatic rings. The maximum atomic E-state index is 6.39. The van der Waals surface area contributed by atoms with Crippen molar-refractivity contribution in [3.63, 3.8) is 0 Å². The average molecular weight is 620 g/mol. The number of hydrogen-bond acceptors (Lipinski definition) is 2. The Kier molecular flexibility index (Phi) is 5.59. The lowest BCUT2D eigenvalue weighted by Crippen LogP contribution is -2.55. The van der Waals surface area contributed by atoms with E-state index < -0.39 is 0 Å². The highest BCUT2D eigenvalue weighted by molar-refractivity contribution is 6.06. The normalized spacial score (nSPS) is 24.8. The summed E-state index contributed by atoms with van der Waals surface area (Å²) in [4.78, 5) is 2.41. The van der Waals surface area contributed by atoms with E-state index in [-0.39, 0.29) is 5.41 Å². The molecule has 4 bridgehead atoms. The van der Waals surface area contributed by atoms with Crippen molar-refractivity contribution in [3.05, 3.63) is 151 Å². The summed E-state index contributed by atoms with van der Waals surface area (Å²) < 4.78 is 6.39. The molecular formula is C46H37NO. The van der Waals surface area contributed by atoms with Crippen molar-refractivity contribution < 1.29 is 4.42 Å². The van der Waals surface area contributed by atoms with E-state index in [1.165, 1.54) is 60.0 Å². The third-order valence-electron chi connectivity index (χ3n) is 12.6. The quantitative estimate of drug-likeness (QED) is 0.195. The second kappa shape index (κ2) is 9.97. The Hall–Kier alpha value is -5.08. The molecule has 2 heteroatoms. The highest BCUT2D eigenvalue weighted by Gasteiger charge is 2.61. The van der Waals surface area contributed by atoms with Gasteiger partial charge in [-0.05, 0) is 138 Å². The maximum Gasteiger partial charge on any atom is 0.137 e. The molecule has 0 amide bonds. The average Bonchev–Trinajstić information content (AvgIpc) is 3.64.